The van der Waals surface area contributed by atoms with E-state index >= 15 is 0 Å². The standard InChI is InChI=1S/C23H18F3N3O3/c1-31-18-9-7-17(8-10-18)29-20(13-19(28-29)21-6-3-11-32-21)22(30)27-14-15-4-2-5-16(12-15)23(24,25)26/h2-13H,14H2,1H3,(H,27,30). The van der Waals surface area contributed by atoms with Gasteiger partial charge in [0.1, 0.15) is 17.1 Å². The van der Waals surface area contributed by atoms with E-state index in [0.29, 0.717) is 28.5 Å². The second-order valence-electron chi connectivity index (χ2n) is 6.88. The van der Waals surface area contributed by atoms with Crippen molar-refractivity contribution in [1.29, 1.82) is 0 Å². The first-order valence-corrected chi connectivity index (χ1v) is 9.58. The SMILES string of the molecule is COc1ccc(-n2nc(-c3ccco3)cc2C(=O)NCc2cccc(C(F)(F)F)c2)cc1. The van der Waals surface area contributed by atoms with Crippen LogP contribution in [0.1, 0.15) is 21.6 Å². The third-order valence-corrected chi connectivity index (χ3v) is 4.74. The molecule has 1 amide bonds. The average molecular weight is 441 g/mol. The molecule has 0 aliphatic heterocycles. The van der Waals surface area contributed by atoms with E-state index in [1.54, 1.807) is 49.6 Å². The summed E-state index contributed by atoms with van der Waals surface area (Å²) >= 11 is 0. The lowest BCUT2D eigenvalue weighted by molar-refractivity contribution is -0.137. The van der Waals surface area contributed by atoms with Crippen molar-refractivity contribution in [2.24, 2.45) is 0 Å². The van der Waals surface area contributed by atoms with Crippen LogP contribution >= 0.6 is 0 Å². The van der Waals surface area contributed by atoms with Gasteiger partial charge in [-0.05, 0) is 54.1 Å². The lowest BCUT2D eigenvalue weighted by atomic mass is 10.1. The number of hydrogen-bond donors (Lipinski definition) is 1. The highest BCUT2D eigenvalue weighted by atomic mass is 19.4. The van der Waals surface area contributed by atoms with Gasteiger partial charge in [0.2, 0.25) is 0 Å². The first-order chi connectivity index (χ1) is 15.3. The minimum atomic E-state index is -4.45. The second-order valence-corrected chi connectivity index (χ2v) is 6.88. The summed E-state index contributed by atoms with van der Waals surface area (Å²) in [5, 5.41) is 7.14. The maximum Gasteiger partial charge on any atom is 0.416 e. The number of furan rings is 1. The monoisotopic (exact) mass is 441 g/mol. The molecule has 0 radical (unpaired) electrons. The van der Waals surface area contributed by atoms with Crippen molar-refractivity contribution in [3.05, 3.63) is 89.8 Å². The summed E-state index contributed by atoms with van der Waals surface area (Å²) in [6.07, 6.45) is -2.96. The molecule has 0 saturated heterocycles. The highest BCUT2D eigenvalue weighted by Crippen LogP contribution is 2.29. The Balaban J connectivity index is 1.62. The van der Waals surface area contributed by atoms with Crippen LogP contribution in [0.5, 0.6) is 5.75 Å². The third kappa shape index (κ3) is 4.51. The molecule has 2 heterocycles. The van der Waals surface area contributed by atoms with Crippen molar-refractivity contribution >= 4 is 5.91 Å². The maximum absolute atomic E-state index is 13.0. The Morgan fingerprint density at radius 2 is 1.88 bits per heavy atom. The molecule has 0 aliphatic carbocycles. The number of nitrogens with one attached hydrogen (secondary N) is 1. The lowest BCUT2D eigenvalue weighted by Crippen LogP contribution is -2.25. The summed E-state index contributed by atoms with van der Waals surface area (Å²) < 4.78 is 50.8. The van der Waals surface area contributed by atoms with E-state index in [1.165, 1.54) is 23.1 Å². The van der Waals surface area contributed by atoms with Gasteiger partial charge in [0.15, 0.2) is 5.76 Å². The van der Waals surface area contributed by atoms with E-state index < -0.39 is 17.6 Å². The highest BCUT2D eigenvalue weighted by Gasteiger charge is 2.30. The summed E-state index contributed by atoms with van der Waals surface area (Å²) in [4.78, 5) is 13.0. The Hall–Kier alpha value is -4.01. The molecule has 1 N–H and O–H groups in total. The first kappa shape index (κ1) is 21.2. The molecule has 4 aromatic rings. The number of ether oxygens (including phenoxy) is 1. The van der Waals surface area contributed by atoms with E-state index in [0.717, 1.165) is 12.1 Å². The number of carbonyl (C=O) groups excluding carboxylic acids is 1. The Labute approximate surface area is 181 Å². The van der Waals surface area contributed by atoms with E-state index in [2.05, 4.69) is 10.4 Å². The van der Waals surface area contributed by atoms with Crippen LogP contribution in [0.15, 0.2) is 77.4 Å². The topological polar surface area (TPSA) is 69.3 Å². The first-order valence-electron chi connectivity index (χ1n) is 9.58. The van der Waals surface area contributed by atoms with Crippen LogP contribution in [-0.2, 0) is 12.7 Å². The van der Waals surface area contributed by atoms with E-state index in [4.69, 9.17) is 9.15 Å². The molecule has 4 rings (SSSR count). The summed E-state index contributed by atoms with van der Waals surface area (Å²) in [6, 6.07) is 16.7. The minimum absolute atomic E-state index is 0.0768. The number of alkyl halides is 3. The highest BCUT2D eigenvalue weighted by molar-refractivity contribution is 5.94. The molecule has 0 saturated carbocycles. The fourth-order valence-electron chi connectivity index (χ4n) is 3.14. The number of aromatic nitrogens is 2. The predicted molar refractivity (Wildman–Crippen MR) is 110 cm³/mol. The number of carbonyl (C=O) groups is 1. The number of hydrogen-bond acceptors (Lipinski definition) is 4. The molecular formula is C23H18F3N3O3. The molecule has 0 bridgehead atoms. The van der Waals surface area contributed by atoms with Gasteiger partial charge in [-0.2, -0.15) is 18.3 Å². The van der Waals surface area contributed by atoms with Gasteiger partial charge >= 0.3 is 6.18 Å². The Morgan fingerprint density at radius 3 is 2.53 bits per heavy atom. The molecule has 6 nitrogen and oxygen atoms in total. The lowest BCUT2D eigenvalue weighted by Gasteiger charge is -2.11. The molecule has 0 fully saturated rings. The minimum Gasteiger partial charge on any atom is -0.497 e. The molecule has 2 aromatic heterocycles. The zero-order valence-electron chi connectivity index (χ0n) is 16.9. The summed E-state index contributed by atoms with van der Waals surface area (Å²) in [5.74, 6) is 0.621. The van der Waals surface area contributed by atoms with Crippen molar-refractivity contribution in [3.63, 3.8) is 0 Å². The van der Waals surface area contributed by atoms with Gasteiger partial charge in [0.05, 0.1) is 24.6 Å². The number of halogens is 3. The van der Waals surface area contributed by atoms with Crippen molar-refractivity contribution < 1.29 is 27.1 Å². The van der Waals surface area contributed by atoms with Crippen molar-refractivity contribution in [1.82, 2.24) is 15.1 Å². The van der Waals surface area contributed by atoms with E-state index in [-0.39, 0.29) is 12.2 Å². The van der Waals surface area contributed by atoms with Crippen LogP contribution < -0.4 is 10.1 Å². The zero-order valence-corrected chi connectivity index (χ0v) is 16.9. The quantitative estimate of drug-likeness (QED) is 0.453. The van der Waals surface area contributed by atoms with Gasteiger partial charge in [0, 0.05) is 12.6 Å². The summed E-state index contributed by atoms with van der Waals surface area (Å²) in [5.41, 5.74) is 0.805. The van der Waals surface area contributed by atoms with E-state index in [9.17, 15) is 18.0 Å². The Kier molecular flexibility index (Phi) is 5.72. The summed E-state index contributed by atoms with van der Waals surface area (Å²) in [7, 11) is 1.55. The maximum atomic E-state index is 13.0. The van der Waals surface area contributed by atoms with Gasteiger partial charge in [-0.1, -0.05) is 12.1 Å². The van der Waals surface area contributed by atoms with Crippen LogP contribution in [0.4, 0.5) is 13.2 Å². The van der Waals surface area contributed by atoms with Crippen LogP contribution in [0.2, 0.25) is 0 Å². The van der Waals surface area contributed by atoms with Gasteiger partial charge in [-0.25, -0.2) is 4.68 Å². The number of methoxy groups -OCH3 is 1. The summed E-state index contributed by atoms with van der Waals surface area (Å²) in [6.45, 7) is -0.0768. The molecule has 9 heteroatoms. The van der Waals surface area contributed by atoms with Crippen molar-refractivity contribution in [2.45, 2.75) is 12.7 Å². The molecule has 2 aromatic carbocycles. The fourth-order valence-corrected chi connectivity index (χ4v) is 3.14. The molecule has 0 atom stereocenters. The molecular weight excluding hydrogens is 423 g/mol. The predicted octanol–water partition coefficient (Wildman–Crippen LogP) is 5.09. The van der Waals surface area contributed by atoms with Gasteiger partial charge < -0.3 is 14.5 Å². The average Bonchev–Trinajstić information content (AvgIpc) is 3.47. The van der Waals surface area contributed by atoms with Crippen molar-refractivity contribution in [2.75, 3.05) is 7.11 Å². The third-order valence-electron chi connectivity index (χ3n) is 4.74. The smallest absolute Gasteiger partial charge is 0.416 e. The fraction of sp³-hybridized carbons (Fsp3) is 0.130. The Morgan fingerprint density at radius 1 is 1.09 bits per heavy atom. The molecule has 0 aliphatic rings. The van der Waals surface area contributed by atoms with Crippen LogP contribution in [0, 0.1) is 0 Å². The second kappa shape index (κ2) is 8.62. The normalized spacial score (nSPS) is 11.4. The molecule has 32 heavy (non-hydrogen) atoms. The number of nitrogens with zero attached hydrogens (tertiary/aromatic N) is 2. The zero-order chi connectivity index (χ0) is 22.7. The number of benzene rings is 2. The molecule has 0 unspecified atom stereocenters. The van der Waals surface area contributed by atoms with Crippen LogP contribution in [-0.4, -0.2) is 22.8 Å². The van der Waals surface area contributed by atoms with E-state index in [1.807, 2.05) is 0 Å². The number of rotatable bonds is 6. The van der Waals surface area contributed by atoms with Gasteiger partial charge in [-0.3, -0.25) is 4.79 Å². The molecule has 0 spiro atoms. The number of amides is 1. The van der Waals surface area contributed by atoms with Crippen LogP contribution in [0.25, 0.3) is 17.1 Å². The largest absolute Gasteiger partial charge is 0.497 e. The Bertz CT molecular complexity index is 1210. The molecule has 164 valence electrons. The van der Waals surface area contributed by atoms with Gasteiger partial charge in [0.25, 0.3) is 5.91 Å². The van der Waals surface area contributed by atoms with Crippen molar-refractivity contribution in [3.8, 4) is 22.9 Å². The van der Waals surface area contributed by atoms with Gasteiger partial charge in [-0.15, -0.1) is 0 Å². The van der Waals surface area contributed by atoms with Crippen LogP contribution in [0.3, 0.4) is 0 Å².